The first kappa shape index (κ1) is 10.3. The Balaban J connectivity index is 2.14. The molecule has 0 radical (unpaired) electrons. The van der Waals surface area contributed by atoms with Crippen molar-refractivity contribution in [3.8, 4) is 6.07 Å². The van der Waals surface area contributed by atoms with E-state index in [1.807, 2.05) is 54.8 Å². The zero-order valence-electron chi connectivity index (χ0n) is 8.80. The van der Waals surface area contributed by atoms with Gasteiger partial charge in [-0.25, -0.2) is 0 Å². The number of nitrogens with zero attached hydrogens (tertiary/aromatic N) is 1. The van der Waals surface area contributed by atoms with Crippen molar-refractivity contribution in [2.24, 2.45) is 0 Å². The molecule has 2 rings (SSSR count). The third kappa shape index (κ3) is 2.40. The van der Waals surface area contributed by atoms with Gasteiger partial charge in [0.15, 0.2) is 0 Å². The number of benzene rings is 1. The second-order valence-corrected chi connectivity index (χ2v) is 3.49. The Hall–Kier alpha value is -2.27. The number of hydrogen-bond donors (Lipinski definition) is 1. The fourth-order valence-electron chi connectivity index (χ4n) is 1.53. The molecule has 1 aliphatic heterocycles. The van der Waals surface area contributed by atoms with Crippen molar-refractivity contribution >= 4 is 6.08 Å². The van der Waals surface area contributed by atoms with Crippen molar-refractivity contribution in [3.63, 3.8) is 0 Å². The summed E-state index contributed by atoms with van der Waals surface area (Å²) in [5.41, 5.74) is 1.66. The molecule has 0 fully saturated rings. The largest absolute Gasteiger partial charge is 0.381 e. The molecular formula is C14H12N2. The summed E-state index contributed by atoms with van der Waals surface area (Å²) in [5, 5.41) is 12.1. The van der Waals surface area contributed by atoms with Crippen molar-refractivity contribution < 1.29 is 0 Å². The van der Waals surface area contributed by atoms with Crippen LogP contribution in [0.3, 0.4) is 0 Å². The molecule has 2 heteroatoms. The molecule has 0 bridgehead atoms. The van der Waals surface area contributed by atoms with Crippen LogP contribution in [0.2, 0.25) is 0 Å². The molecule has 16 heavy (non-hydrogen) atoms. The predicted molar refractivity (Wildman–Crippen MR) is 65.4 cm³/mol. The topological polar surface area (TPSA) is 35.8 Å². The summed E-state index contributed by atoms with van der Waals surface area (Å²) in [6, 6.07) is 9.96. The van der Waals surface area contributed by atoms with E-state index >= 15 is 0 Å². The molecule has 1 aromatic rings. The van der Waals surface area contributed by atoms with Crippen LogP contribution in [0.25, 0.3) is 6.08 Å². The van der Waals surface area contributed by atoms with Gasteiger partial charge >= 0.3 is 0 Å². The van der Waals surface area contributed by atoms with Crippen molar-refractivity contribution in [1.29, 1.82) is 5.26 Å². The second-order valence-electron chi connectivity index (χ2n) is 3.49. The second kappa shape index (κ2) is 4.99. The first-order valence-electron chi connectivity index (χ1n) is 5.17. The lowest BCUT2D eigenvalue weighted by atomic mass is 10.1. The number of hydrogen-bond acceptors (Lipinski definition) is 2. The van der Waals surface area contributed by atoms with Gasteiger partial charge in [-0.1, -0.05) is 42.5 Å². The van der Waals surface area contributed by atoms with E-state index in [0.29, 0.717) is 5.56 Å². The zero-order chi connectivity index (χ0) is 11.2. The first-order chi connectivity index (χ1) is 7.90. The molecule has 0 aromatic heterocycles. The summed E-state index contributed by atoms with van der Waals surface area (Å²) in [6.45, 7) is 0. The van der Waals surface area contributed by atoms with Gasteiger partial charge in [0.05, 0.1) is 17.7 Å². The van der Waals surface area contributed by atoms with E-state index in [-0.39, 0.29) is 6.04 Å². The molecule has 0 aliphatic carbocycles. The van der Waals surface area contributed by atoms with E-state index in [4.69, 9.17) is 5.26 Å². The van der Waals surface area contributed by atoms with Gasteiger partial charge in [-0.2, -0.15) is 5.26 Å². The Kier molecular flexibility index (Phi) is 3.20. The summed E-state index contributed by atoms with van der Waals surface area (Å²) < 4.78 is 0. The zero-order valence-corrected chi connectivity index (χ0v) is 8.80. The quantitative estimate of drug-likeness (QED) is 0.811. The van der Waals surface area contributed by atoms with Crippen LogP contribution < -0.4 is 5.32 Å². The molecule has 1 aliphatic rings. The number of nitriles is 1. The van der Waals surface area contributed by atoms with Gasteiger partial charge < -0.3 is 5.32 Å². The molecule has 0 spiro atoms. The minimum Gasteiger partial charge on any atom is -0.381 e. The predicted octanol–water partition coefficient (Wildman–Crippen LogP) is 2.61. The van der Waals surface area contributed by atoms with E-state index in [2.05, 4.69) is 17.5 Å². The first-order valence-corrected chi connectivity index (χ1v) is 5.17. The molecule has 1 atom stereocenters. The van der Waals surface area contributed by atoms with Gasteiger partial charge in [-0.3, -0.25) is 0 Å². The number of nitrogens with one attached hydrogen (secondary N) is 1. The molecule has 78 valence electrons. The van der Waals surface area contributed by atoms with Crippen LogP contribution in [-0.2, 0) is 0 Å². The minimum absolute atomic E-state index is 0.205. The highest BCUT2D eigenvalue weighted by Crippen LogP contribution is 2.10. The third-order valence-corrected chi connectivity index (χ3v) is 2.38. The maximum Gasteiger partial charge on any atom is 0.0997 e. The molecule has 1 heterocycles. The molecular weight excluding hydrogens is 196 g/mol. The lowest BCUT2D eigenvalue weighted by Crippen LogP contribution is -2.20. The summed E-state index contributed by atoms with van der Waals surface area (Å²) >= 11 is 0. The van der Waals surface area contributed by atoms with Crippen LogP contribution >= 0.6 is 0 Å². The van der Waals surface area contributed by atoms with Crippen molar-refractivity contribution in [1.82, 2.24) is 5.32 Å². The summed E-state index contributed by atoms with van der Waals surface area (Å²) in [5.74, 6) is 0. The molecule has 0 saturated heterocycles. The molecule has 1 unspecified atom stereocenters. The van der Waals surface area contributed by atoms with Crippen molar-refractivity contribution in [2.45, 2.75) is 6.04 Å². The van der Waals surface area contributed by atoms with Gasteiger partial charge in [0.1, 0.15) is 0 Å². The van der Waals surface area contributed by atoms with Crippen LogP contribution in [0.5, 0.6) is 0 Å². The van der Waals surface area contributed by atoms with Crippen LogP contribution in [0.4, 0.5) is 0 Å². The average molecular weight is 208 g/mol. The summed E-state index contributed by atoms with van der Waals surface area (Å²) in [6.07, 6.45) is 11.9. The lowest BCUT2D eigenvalue weighted by molar-refractivity contribution is 0.832. The van der Waals surface area contributed by atoms with E-state index < -0.39 is 0 Å². The SMILES string of the molecule is N#Cc1ccccc1/C=C/C1C=CC=CN1. The number of allylic oxidation sites excluding steroid dienone is 2. The van der Waals surface area contributed by atoms with Crippen molar-refractivity contribution in [3.05, 3.63) is 65.9 Å². The Morgan fingerprint density at radius 2 is 2.12 bits per heavy atom. The molecule has 0 amide bonds. The fraction of sp³-hybridized carbons (Fsp3) is 0.0714. The van der Waals surface area contributed by atoms with Gasteiger partial charge in [0, 0.05) is 0 Å². The van der Waals surface area contributed by atoms with Crippen LogP contribution in [0, 0.1) is 11.3 Å². The van der Waals surface area contributed by atoms with Gasteiger partial charge in [0.25, 0.3) is 0 Å². The maximum absolute atomic E-state index is 8.93. The fourth-order valence-corrected chi connectivity index (χ4v) is 1.53. The standard InChI is InChI=1S/C14H12N2/c15-11-13-6-2-1-5-12(13)8-9-14-7-3-4-10-16-14/h1-10,14,16H/b9-8+. The highest BCUT2D eigenvalue weighted by molar-refractivity contribution is 5.58. The Bertz CT molecular complexity index is 490. The lowest BCUT2D eigenvalue weighted by Gasteiger charge is -2.10. The monoisotopic (exact) mass is 208 g/mol. The van der Waals surface area contributed by atoms with E-state index in [0.717, 1.165) is 5.56 Å². The Labute approximate surface area is 95.2 Å². The van der Waals surface area contributed by atoms with Crippen molar-refractivity contribution in [2.75, 3.05) is 0 Å². The normalized spacial score (nSPS) is 18.3. The number of dihydropyridines is 1. The average Bonchev–Trinajstić information content (AvgIpc) is 2.38. The van der Waals surface area contributed by atoms with Crippen LogP contribution in [0.1, 0.15) is 11.1 Å². The Morgan fingerprint density at radius 1 is 1.25 bits per heavy atom. The molecule has 2 nitrogen and oxygen atoms in total. The van der Waals surface area contributed by atoms with Gasteiger partial charge in [0.2, 0.25) is 0 Å². The van der Waals surface area contributed by atoms with Gasteiger partial charge in [-0.05, 0) is 23.9 Å². The number of rotatable bonds is 2. The van der Waals surface area contributed by atoms with E-state index in [9.17, 15) is 0 Å². The molecule has 1 aromatic carbocycles. The Morgan fingerprint density at radius 3 is 2.88 bits per heavy atom. The highest BCUT2D eigenvalue weighted by Gasteiger charge is 2.00. The maximum atomic E-state index is 8.93. The third-order valence-electron chi connectivity index (χ3n) is 2.38. The highest BCUT2D eigenvalue weighted by atomic mass is 14.9. The van der Waals surface area contributed by atoms with E-state index in [1.54, 1.807) is 0 Å². The minimum atomic E-state index is 0.205. The van der Waals surface area contributed by atoms with Gasteiger partial charge in [-0.15, -0.1) is 0 Å². The smallest absolute Gasteiger partial charge is 0.0997 e. The summed E-state index contributed by atoms with van der Waals surface area (Å²) in [4.78, 5) is 0. The molecule has 0 saturated carbocycles. The summed E-state index contributed by atoms with van der Waals surface area (Å²) in [7, 11) is 0. The van der Waals surface area contributed by atoms with Crippen LogP contribution in [0.15, 0.2) is 54.8 Å². The van der Waals surface area contributed by atoms with Crippen LogP contribution in [-0.4, -0.2) is 6.04 Å². The molecule has 1 N–H and O–H groups in total. The van der Waals surface area contributed by atoms with E-state index in [1.165, 1.54) is 0 Å².